The van der Waals surface area contributed by atoms with Crippen LogP contribution in [-0.2, 0) is 16.1 Å². The van der Waals surface area contributed by atoms with Gasteiger partial charge in [-0.05, 0) is 55.2 Å². The molecule has 0 radical (unpaired) electrons. The Hall–Kier alpha value is -2.05. The molecule has 1 N–H and O–H groups in total. The number of esters is 1. The molecule has 1 aromatic rings. The van der Waals surface area contributed by atoms with Gasteiger partial charge >= 0.3 is 5.97 Å². The second kappa shape index (κ2) is 9.67. The van der Waals surface area contributed by atoms with Gasteiger partial charge in [-0.15, -0.1) is 0 Å². The Morgan fingerprint density at radius 1 is 1.27 bits per heavy atom. The third-order valence-corrected chi connectivity index (χ3v) is 7.91. The summed E-state index contributed by atoms with van der Waals surface area (Å²) in [6.07, 6.45) is 6.46. The molecule has 0 spiro atoms. The fourth-order valence-electron chi connectivity index (χ4n) is 6.35. The molecule has 1 heterocycles. The van der Waals surface area contributed by atoms with Gasteiger partial charge in [-0.1, -0.05) is 38.0 Å². The van der Waals surface area contributed by atoms with E-state index in [1.54, 1.807) is 21.1 Å². The Labute approximate surface area is 197 Å². The molecular formula is C27H39NO5. The highest BCUT2D eigenvalue weighted by Gasteiger charge is 2.51. The average molecular weight is 458 g/mol. The SMILES string of the molecule is COc1ccc(CN(CC(C)O)CC2C(=O)OC3CC4(C)CCCC(C)C4=CC32)cc1OC. The molecule has 182 valence electrons. The number of methoxy groups -OCH3 is 2. The van der Waals surface area contributed by atoms with Gasteiger partial charge in [0.2, 0.25) is 0 Å². The summed E-state index contributed by atoms with van der Waals surface area (Å²) in [7, 11) is 3.25. The molecule has 1 aromatic carbocycles. The Morgan fingerprint density at radius 3 is 2.73 bits per heavy atom. The Balaban J connectivity index is 1.56. The zero-order valence-electron chi connectivity index (χ0n) is 20.7. The summed E-state index contributed by atoms with van der Waals surface area (Å²) in [5.74, 6) is 1.74. The minimum atomic E-state index is -0.496. The maximum Gasteiger partial charge on any atom is 0.311 e. The highest BCUT2D eigenvalue weighted by molar-refractivity contribution is 5.76. The van der Waals surface area contributed by atoms with Crippen LogP contribution in [-0.4, -0.2) is 55.5 Å². The van der Waals surface area contributed by atoms with Crippen molar-refractivity contribution in [2.45, 2.75) is 65.2 Å². The first-order chi connectivity index (χ1) is 15.7. The zero-order chi connectivity index (χ0) is 23.8. The van der Waals surface area contributed by atoms with Crippen LogP contribution in [0.1, 0.15) is 52.0 Å². The molecule has 0 bridgehead atoms. The maximum atomic E-state index is 13.0. The summed E-state index contributed by atoms with van der Waals surface area (Å²) in [6, 6.07) is 5.86. The molecule has 33 heavy (non-hydrogen) atoms. The molecule has 1 aliphatic heterocycles. The number of ether oxygens (including phenoxy) is 3. The third kappa shape index (κ3) is 4.92. The van der Waals surface area contributed by atoms with Crippen molar-refractivity contribution >= 4 is 5.97 Å². The fraction of sp³-hybridized carbons (Fsp3) is 0.667. The second-order valence-electron chi connectivity index (χ2n) is 10.6. The van der Waals surface area contributed by atoms with Crippen LogP contribution in [0.5, 0.6) is 11.5 Å². The lowest BCUT2D eigenvalue weighted by Crippen LogP contribution is -2.41. The maximum absolute atomic E-state index is 13.0. The molecule has 2 aliphatic carbocycles. The Morgan fingerprint density at radius 2 is 2.03 bits per heavy atom. The van der Waals surface area contributed by atoms with E-state index in [-0.39, 0.29) is 29.3 Å². The van der Waals surface area contributed by atoms with E-state index in [1.165, 1.54) is 24.8 Å². The van der Waals surface area contributed by atoms with Crippen LogP contribution in [0.15, 0.2) is 29.8 Å². The van der Waals surface area contributed by atoms with E-state index in [4.69, 9.17) is 14.2 Å². The number of aliphatic hydroxyl groups excluding tert-OH is 1. The molecule has 6 nitrogen and oxygen atoms in total. The standard InChI is InChI=1S/C27H39NO5/c1-17-7-6-10-27(3)13-25-20(12-22(17)27)21(26(30)33-25)16-28(14-18(2)29)15-19-8-9-23(31-4)24(11-19)32-5/h8-9,11-12,17-18,20-21,25,29H,6-7,10,13-16H2,1-5H3. The van der Waals surface area contributed by atoms with Crippen molar-refractivity contribution in [3.8, 4) is 11.5 Å². The molecule has 6 unspecified atom stereocenters. The summed E-state index contributed by atoms with van der Waals surface area (Å²) in [5.41, 5.74) is 2.74. The van der Waals surface area contributed by atoms with Gasteiger partial charge in [0.05, 0.1) is 26.2 Å². The van der Waals surface area contributed by atoms with Gasteiger partial charge in [-0.3, -0.25) is 9.69 Å². The third-order valence-electron chi connectivity index (χ3n) is 7.91. The number of rotatable bonds is 8. The van der Waals surface area contributed by atoms with E-state index in [0.29, 0.717) is 37.1 Å². The van der Waals surface area contributed by atoms with Crippen molar-refractivity contribution in [3.05, 3.63) is 35.4 Å². The van der Waals surface area contributed by atoms with Crippen molar-refractivity contribution in [3.63, 3.8) is 0 Å². The van der Waals surface area contributed by atoms with Crippen LogP contribution in [0.25, 0.3) is 0 Å². The zero-order valence-corrected chi connectivity index (χ0v) is 20.7. The number of carbonyl (C=O) groups is 1. The number of nitrogens with zero attached hydrogens (tertiary/aromatic N) is 1. The molecule has 2 fully saturated rings. The molecule has 6 atom stereocenters. The minimum Gasteiger partial charge on any atom is -0.493 e. The number of allylic oxidation sites excluding steroid dienone is 1. The van der Waals surface area contributed by atoms with Crippen LogP contribution < -0.4 is 9.47 Å². The van der Waals surface area contributed by atoms with Gasteiger partial charge in [-0.2, -0.15) is 0 Å². The number of hydrogen-bond acceptors (Lipinski definition) is 6. The summed E-state index contributed by atoms with van der Waals surface area (Å²) in [5, 5.41) is 10.2. The van der Waals surface area contributed by atoms with Gasteiger partial charge < -0.3 is 19.3 Å². The quantitative estimate of drug-likeness (QED) is 0.466. The lowest BCUT2D eigenvalue weighted by atomic mass is 9.59. The number of hydrogen-bond donors (Lipinski definition) is 1. The van der Waals surface area contributed by atoms with Gasteiger partial charge in [0.1, 0.15) is 6.10 Å². The molecule has 3 aliphatic rings. The van der Waals surface area contributed by atoms with E-state index >= 15 is 0 Å². The van der Waals surface area contributed by atoms with Crippen LogP contribution in [0.4, 0.5) is 0 Å². The van der Waals surface area contributed by atoms with Crippen molar-refractivity contribution in [2.75, 3.05) is 27.3 Å². The fourth-order valence-corrected chi connectivity index (χ4v) is 6.35. The van der Waals surface area contributed by atoms with Crippen molar-refractivity contribution in [1.29, 1.82) is 0 Å². The number of fused-ring (bicyclic) bond motifs is 2. The Kier molecular flexibility index (Phi) is 7.06. The van der Waals surface area contributed by atoms with Crippen LogP contribution >= 0.6 is 0 Å². The highest BCUT2D eigenvalue weighted by atomic mass is 16.6. The summed E-state index contributed by atoms with van der Waals surface area (Å²) in [6.45, 7) is 8.12. The number of carbonyl (C=O) groups excluding carboxylic acids is 1. The normalized spacial score (nSPS) is 32.0. The molecule has 4 rings (SSSR count). The smallest absolute Gasteiger partial charge is 0.311 e. The lowest BCUT2D eigenvalue weighted by Gasteiger charge is -2.46. The van der Waals surface area contributed by atoms with Crippen molar-refractivity contribution in [1.82, 2.24) is 4.90 Å². The molecular weight excluding hydrogens is 418 g/mol. The monoisotopic (exact) mass is 457 g/mol. The first-order valence-electron chi connectivity index (χ1n) is 12.3. The molecule has 6 heteroatoms. The first kappa shape index (κ1) is 24.1. The van der Waals surface area contributed by atoms with Crippen LogP contribution in [0, 0.1) is 23.2 Å². The summed E-state index contributed by atoms with van der Waals surface area (Å²) in [4.78, 5) is 15.2. The van der Waals surface area contributed by atoms with Gasteiger partial charge in [0.15, 0.2) is 11.5 Å². The minimum absolute atomic E-state index is 0.0315. The van der Waals surface area contributed by atoms with Crippen LogP contribution in [0.3, 0.4) is 0 Å². The van der Waals surface area contributed by atoms with E-state index in [9.17, 15) is 9.90 Å². The van der Waals surface area contributed by atoms with Gasteiger partial charge in [0.25, 0.3) is 0 Å². The van der Waals surface area contributed by atoms with E-state index in [2.05, 4.69) is 24.8 Å². The number of aliphatic hydroxyl groups is 1. The molecule has 0 aromatic heterocycles. The summed E-state index contributed by atoms with van der Waals surface area (Å²) >= 11 is 0. The topological polar surface area (TPSA) is 68.2 Å². The van der Waals surface area contributed by atoms with E-state index in [0.717, 1.165) is 12.0 Å². The van der Waals surface area contributed by atoms with Crippen molar-refractivity contribution < 1.29 is 24.1 Å². The first-order valence-corrected chi connectivity index (χ1v) is 12.3. The molecule has 1 saturated carbocycles. The second-order valence-corrected chi connectivity index (χ2v) is 10.6. The van der Waals surface area contributed by atoms with E-state index in [1.807, 2.05) is 18.2 Å². The van der Waals surface area contributed by atoms with Crippen LogP contribution in [0.2, 0.25) is 0 Å². The predicted molar refractivity (Wildman–Crippen MR) is 127 cm³/mol. The summed E-state index contributed by atoms with van der Waals surface area (Å²) < 4.78 is 16.8. The highest BCUT2D eigenvalue weighted by Crippen LogP contribution is 2.54. The predicted octanol–water partition coefficient (Wildman–Crippen LogP) is 4.20. The van der Waals surface area contributed by atoms with E-state index < -0.39 is 6.10 Å². The van der Waals surface area contributed by atoms with Crippen molar-refractivity contribution in [2.24, 2.45) is 23.2 Å². The number of benzene rings is 1. The molecule has 1 saturated heterocycles. The molecule has 0 amide bonds. The lowest BCUT2D eigenvalue weighted by molar-refractivity contribution is -0.145. The average Bonchev–Trinajstić information content (AvgIpc) is 3.05. The van der Waals surface area contributed by atoms with Gasteiger partial charge in [-0.25, -0.2) is 0 Å². The van der Waals surface area contributed by atoms with Gasteiger partial charge in [0, 0.05) is 25.6 Å². The largest absolute Gasteiger partial charge is 0.493 e. The Bertz CT molecular complexity index is 896.